The van der Waals surface area contributed by atoms with Crippen LogP contribution in [0.2, 0.25) is 0 Å². The second-order valence-electron chi connectivity index (χ2n) is 1.78. The summed E-state index contributed by atoms with van der Waals surface area (Å²) in [7, 11) is 0. The van der Waals surface area contributed by atoms with Crippen LogP contribution in [0, 0.1) is 5.21 Å². The first-order valence-electron chi connectivity index (χ1n) is 2.91. The standard InChI is InChI=1S/C5H12NO2/c1-2-3-4-5-6(7)8/h7H,2-5H2,1H3/q-1. The molecule has 0 atom stereocenters. The quantitative estimate of drug-likeness (QED) is 0.448. The zero-order chi connectivity index (χ0) is 6.41. The summed E-state index contributed by atoms with van der Waals surface area (Å²) in [6.07, 6.45) is 2.88. The molecule has 0 aliphatic heterocycles. The smallest absolute Gasteiger partial charge is 0.0104 e. The third-order valence-corrected chi connectivity index (χ3v) is 0.953. The zero-order valence-corrected chi connectivity index (χ0v) is 5.13. The summed E-state index contributed by atoms with van der Waals surface area (Å²) >= 11 is 0. The minimum absolute atomic E-state index is 0.0182. The van der Waals surface area contributed by atoms with Gasteiger partial charge in [0.05, 0.1) is 0 Å². The van der Waals surface area contributed by atoms with Crippen LogP contribution < -0.4 is 0 Å². The molecule has 8 heavy (non-hydrogen) atoms. The third kappa shape index (κ3) is 5.88. The highest BCUT2D eigenvalue weighted by molar-refractivity contribution is 4.42. The molecule has 0 rings (SSSR count). The van der Waals surface area contributed by atoms with Gasteiger partial charge in [-0.1, -0.05) is 19.8 Å². The molecule has 0 saturated heterocycles. The van der Waals surface area contributed by atoms with Gasteiger partial charge in [0.25, 0.3) is 0 Å². The van der Waals surface area contributed by atoms with E-state index in [0.29, 0.717) is 0 Å². The summed E-state index contributed by atoms with van der Waals surface area (Å²) in [4.78, 5) is 0. The van der Waals surface area contributed by atoms with E-state index in [9.17, 15) is 5.21 Å². The Morgan fingerprint density at radius 2 is 2.12 bits per heavy atom. The highest BCUT2D eigenvalue weighted by Gasteiger charge is 1.83. The van der Waals surface area contributed by atoms with Crippen molar-refractivity contribution in [3.8, 4) is 0 Å². The molecule has 3 nitrogen and oxygen atoms in total. The normalized spacial score (nSPS) is 10.5. The van der Waals surface area contributed by atoms with Crippen molar-refractivity contribution in [1.29, 1.82) is 0 Å². The maximum atomic E-state index is 9.79. The molecule has 0 radical (unpaired) electrons. The first-order chi connectivity index (χ1) is 3.77. The maximum Gasteiger partial charge on any atom is 0.0104 e. The summed E-state index contributed by atoms with van der Waals surface area (Å²) in [5.74, 6) is 0. The minimum Gasteiger partial charge on any atom is -0.762 e. The van der Waals surface area contributed by atoms with Gasteiger partial charge in [-0.3, -0.25) is 5.23 Å². The van der Waals surface area contributed by atoms with E-state index in [2.05, 4.69) is 0 Å². The van der Waals surface area contributed by atoms with Crippen LogP contribution in [0.25, 0.3) is 0 Å². The van der Waals surface area contributed by atoms with Gasteiger partial charge in [0.15, 0.2) is 0 Å². The first-order valence-corrected chi connectivity index (χ1v) is 2.91. The molecule has 0 aromatic carbocycles. The second kappa shape index (κ2) is 5.03. The van der Waals surface area contributed by atoms with E-state index in [1.165, 1.54) is 0 Å². The fourth-order valence-corrected chi connectivity index (χ4v) is 0.497. The molecular weight excluding hydrogens is 106 g/mol. The average molecular weight is 118 g/mol. The summed E-state index contributed by atoms with van der Waals surface area (Å²) in [6.45, 7) is 2.29. The molecule has 50 valence electrons. The van der Waals surface area contributed by atoms with Crippen molar-refractivity contribution in [3.05, 3.63) is 5.21 Å². The van der Waals surface area contributed by atoms with E-state index in [1.807, 2.05) is 6.92 Å². The fourth-order valence-electron chi connectivity index (χ4n) is 0.497. The van der Waals surface area contributed by atoms with E-state index < -0.39 is 0 Å². The highest BCUT2D eigenvalue weighted by atomic mass is 16.8. The van der Waals surface area contributed by atoms with Crippen molar-refractivity contribution >= 4 is 0 Å². The minimum atomic E-state index is -0.0182. The van der Waals surface area contributed by atoms with E-state index in [-0.39, 0.29) is 11.8 Å². The molecule has 0 heterocycles. The lowest BCUT2D eigenvalue weighted by Gasteiger charge is -2.17. The molecule has 0 amide bonds. The largest absolute Gasteiger partial charge is 0.762 e. The Balaban J connectivity index is 2.72. The SMILES string of the molecule is CCCCCN([O-])O. The highest BCUT2D eigenvalue weighted by Crippen LogP contribution is 1.93. The molecule has 0 saturated carbocycles. The predicted octanol–water partition coefficient (Wildman–Crippen LogP) is 1.37. The second-order valence-corrected chi connectivity index (χ2v) is 1.78. The van der Waals surface area contributed by atoms with Gasteiger partial charge < -0.3 is 10.4 Å². The fraction of sp³-hybridized carbons (Fsp3) is 1.00. The summed E-state index contributed by atoms with van der Waals surface area (Å²) < 4.78 is 0. The van der Waals surface area contributed by atoms with Gasteiger partial charge in [0.1, 0.15) is 0 Å². The van der Waals surface area contributed by atoms with Crippen molar-refractivity contribution < 1.29 is 5.21 Å². The third-order valence-electron chi connectivity index (χ3n) is 0.953. The van der Waals surface area contributed by atoms with Gasteiger partial charge in [-0.2, -0.15) is 0 Å². The average Bonchev–Trinajstić information content (AvgIpc) is 1.66. The van der Waals surface area contributed by atoms with Crippen molar-refractivity contribution in [2.45, 2.75) is 26.2 Å². The number of hydrogen-bond donors (Lipinski definition) is 1. The molecule has 1 N–H and O–H groups in total. The molecular formula is C5H12NO2-. The molecule has 0 aromatic rings. The number of nitrogens with zero attached hydrogens (tertiary/aromatic N) is 1. The lowest BCUT2D eigenvalue weighted by atomic mass is 10.2. The summed E-state index contributed by atoms with van der Waals surface area (Å²) in [5, 5.41) is 17.8. The van der Waals surface area contributed by atoms with Gasteiger partial charge in [0, 0.05) is 6.54 Å². The van der Waals surface area contributed by atoms with Gasteiger partial charge in [-0.25, -0.2) is 0 Å². The van der Waals surface area contributed by atoms with Crippen LogP contribution in [-0.2, 0) is 0 Å². The van der Waals surface area contributed by atoms with E-state index in [4.69, 9.17) is 5.21 Å². The molecule has 0 aliphatic rings. The Kier molecular flexibility index (Phi) is 4.95. The van der Waals surface area contributed by atoms with Crippen molar-refractivity contribution in [2.75, 3.05) is 6.54 Å². The number of unbranched alkanes of at least 4 members (excludes halogenated alkanes) is 2. The topological polar surface area (TPSA) is 46.5 Å². The van der Waals surface area contributed by atoms with Crippen LogP contribution in [0.1, 0.15) is 26.2 Å². The van der Waals surface area contributed by atoms with E-state index in [1.54, 1.807) is 0 Å². The zero-order valence-electron chi connectivity index (χ0n) is 5.13. The molecule has 0 aliphatic carbocycles. The Bertz CT molecular complexity index is 47.7. The number of hydroxylamine groups is 2. The first kappa shape index (κ1) is 7.88. The monoisotopic (exact) mass is 118 g/mol. The maximum absolute atomic E-state index is 9.79. The van der Waals surface area contributed by atoms with Crippen LogP contribution >= 0.6 is 0 Å². The van der Waals surface area contributed by atoms with Gasteiger partial charge in [-0.15, -0.1) is 0 Å². The Morgan fingerprint density at radius 3 is 2.50 bits per heavy atom. The van der Waals surface area contributed by atoms with Gasteiger partial charge >= 0.3 is 0 Å². The van der Waals surface area contributed by atoms with Crippen LogP contribution in [0.4, 0.5) is 0 Å². The van der Waals surface area contributed by atoms with E-state index in [0.717, 1.165) is 19.3 Å². The predicted molar refractivity (Wildman–Crippen MR) is 31.4 cm³/mol. The molecule has 3 heteroatoms. The van der Waals surface area contributed by atoms with E-state index >= 15 is 0 Å². The van der Waals surface area contributed by atoms with Crippen molar-refractivity contribution in [2.24, 2.45) is 0 Å². The Labute approximate surface area is 49.5 Å². The molecule has 0 spiro atoms. The molecule has 0 bridgehead atoms. The van der Waals surface area contributed by atoms with Gasteiger partial charge in [-0.05, 0) is 6.42 Å². The van der Waals surface area contributed by atoms with Crippen LogP contribution in [0.15, 0.2) is 0 Å². The van der Waals surface area contributed by atoms with Gasteiger partial charge in [0.2, 0.25) is 0 Å². The summed E-state index contributed by atoms with van der Waals surface area (Å²) in [5.41, 5.74) is 0. The molecule has 0 unspecified atom stereocenters. The van der Waals surface area contributed by atoms with Crippen molar-refractivity contribution in [1.82, 2.24) is 5.23 Å². The lowest BCUT2D eigenvalue weighted by molar-refractivity contribution is -0.0413. The van der Waals surface area contributed by atoms with Crippen molar-refractivity contribution in [3.63, 3.8) is 0 Å². The number of rotatable bonds is 4. The Morgan fingerprint density at radius 1 is 1.50 bits per heavy atom. The Hall–Kier alpha value is -0.120. The summed E-state index contributed by atoms with van der Waals surface area (Å²) in [6, 6.07) is 0. The molecule has 0 fully saturated rings. The number of hydrogen-bond acceptors (Lipinski definition) is 3. The van der Waals surface area contributed by atoms with Crippen LogP contribution in [-0.4, -0.2) is 17.0 Å². The van der Waals surface area contributed by atoms with Crippen LogP contribution in [0.5, 0.6) is 0 Å². The van der Waals surface area contributed by atoms with Crippen LogP contribution in [0.3, 0.4) is 0 Å². The lowest BCUT2D eigenvalue weighted by Crippen LogP contribution is -2.10. The molecule has 0 aromatic heterocycles.